The summed E-state index contributed by atoms with van der Waals surface area (Å²) in [6, 6.07) is 0. The van der Waals surface area contributed by atoms with E-state index in [9.17, 15) is 0 Å². The van der Waals surface area contributed by atoms with Crippen LogP contribution in [-0.4, -0.2) is 3.92 Å². The largest absolute Gasteiger partial charge is 0.278 e. The number of hydrogen-bond donors (Lipinski definition) is 1. The van der Waals surface area contributed by atoms with Gasteiger partial charge in [-0.05, 0) is 39.8 Å². The summed E-state index contributed by atoms with van der Waals surface area (Å²) >= 11 is -0.202. The maximum atomic E-state index is 7.29. The van der Waals surface area contributed by atoms with Crippen molar-refractivity contribution in [2.75, 3.05) is 0 Å². The third-order valence-electron chi connectivity index (χ3n) is 1.88. The van der Waals surface area contributed by atoms with Crippen LogP contribution in [0.4, 0.5) is 0 Å². The van der Waals surface area contributed by atoms with E-state index in [2.05, 4.69) is 6.92 Å². The average Bonchev–Trinajstić information content (AvgIpc) is 2.66. The average molecular weight is 239 g/mol. The normalized spacial score (nSPS) is 21.9. The first-order valence-corrected chi connectivity index (χ1v) is 5.98. The topological polar surface area (TPSA) is 23.9 Å². The van der Waals surface area contributed by atoms with Gasteiger partial charge in [-0.3, -0.25) is 3.56 Å². The maximum absolute atomic E-state index is 7.29. The number of hydrogen-bond acceptors (Lipinski definition) is 1. The molecule has 2 heteroatoms. The molecule has 0 saturated heterocycles. The fraction of sp³-hybridized carbons (Fsp3) is 1.00. The Morgan fingerprint density at radius 1 is 1.67 bits per heavy atom. The van der Waals surface area contributed by atoms with Gasteiger partial charge in [-0.25, -0.2) is 0 Å². The Hall–Kier alpha value is 0.530. The zero-order valence-corrected chi connectivity index (χ0v) is 8.02. The summed E-state index contributed by atoms with van der Waals surface area (Å²) in [6.45, 7) is 2.22. The summed E-state index contributed by atoms with van der Waals surface area (Å²) in [5, 5.41) is 0. The van der Waals surface area contributed by atoms with Crippen molar-refractivity contribution in [3.63, 3.8) is 0 Å². The highest BCUT2D eigenvalue weighted by Gasteiger charge is 2.23. The van der Waals surface area contributed by atoms with Crippen molar-refractivity contribution < 1.29 is 0 Å². The Kier molecular flexibility index (Phi) is 3.09. The van der Waals surface area contributed by atoms with Crippen LogP contribution >= 0.6 is 21.0 Å². The molecule has 1 rings (SSSR count). The molecule has 0 amide bonds. The molecule has 1 aliphatic rings. The Balaban J connectivity index is 2.12. The molecular formula is C7H14IN. The molecule has 1 saturated carbocycles. The second-order valence-corrected chi connectivity index (χ2v) is 5.18. The van der Waals surface area contributed by atoms with Crippen LogP contribution < -0.4 is 0 Å². The Morgan fingerprint density at radius 2 is 2.33 bits per heavy atom. The van der Waals surface area contributed by atoms with Crippen LogP contribution in [0.25, 0.3) is 0 Å². The second kappa shape index (κ2) is 3.64. The lowest BCUT2D eigenvalue weighted by molar-refractivity contribution is 0.688. The van der Waals surface area contributed by atoms with Gasteiger partial charge in [-0.2, -0.15) is 0 Å². The van der Waals surface area contributed by atoms with Crippen molar-refractivity contribution in [1.29, 1.82) is 3.56 Å². The van der Waals surface area contributed by atoms with Gasteiger partial charge in [0.1, 0.15) is 0 Å². The lowest BCUT2D eigenvalue weighted by atomic mass is 10.2. The fourth-order valence-corrected chi connectivity index (χ4v) is 2.42. The van der Waals surface area contributed by atoms with Gasteiger partial charge in [0.05, 0.1) is 0 Å². The molecular weight excluding hydrogens is 225 g/mol. The lowest BCUT2D eigenvalue weighted by Crippen LogP contribution is -1.95. The third kappa shape index (κ3) is 2.74. The molecule has 1 aliphatic carbocycles. The van der Waals surface area contributed by atoms with Crippen LogP contribution in [0.2, 0.25) is 0 Å². The van der Waals surface area contributed by atoms with E-state index < -0.39 is 0 Å². The highest BCUT2D eigenvalue weighted by atomic mass is 127. The molecule has 0 aromatic heterocycles. The molecule has 0 bridgehead atoms. The minimum Gasteiger partial charge on any atom is -0.278 e. The molecule has 0 radical (unpaired) electrons. The smallest absolute Gasteiger partial charge is 0.0224 e. The third-order valence-corrected chi connectivity index (χ3v) is 4.15. The van der Waals surface area contributed by atoms with Gasteiger partial charge in [-0.15, -0.1) is 0 Å². The standard InChI is InChI=1S/C7H14IN/c1-2-7(8-9)5-6-3-4-6/h6-7,9H,2-5H2,1H3. The lowest BCUT2D eigenvalue weighted by Gasteiger charge is -2.03. The maximum Gasteiger partial charge on any atom is 0.0224 e. The summed E-state index contributed by atoms with van der Waals surface area (Å²) in [4.78, 5) is 0. The van der Waals surface area contributed by atoms with Gasteiger partial charge in [0.15, 0.2) is 0 Å². The molecule has 1 atom stereocenters. The summed E-state index contributed by atoms with van der Waals surface area (Å²) in [5.74, 6) is 1.04. The van der Waals surface area contributed by atoms with Crippen molar-refractivity contribution >= 4 is 21.0 Å². The molecule has 0 aromatic carbocycles. The second-order valence-electron chi connectivity index (χ2n) is 2.79. The molecule has 1 N–H and O–H groups in total. The first-order valence-electron chi connectivity index (χ1n) is 3.66. The Labute approximate surface area is 67.2 Å². The predicted molar refractivity (Wildman–Crippen MR) is 48.2 cm³/mol. The monoisotopic (exact) mass is 239 g/mol. The molecule has 0 heterocycles. The summed E-state index contributed by atoms with van der Waals surface area (Å²) < 4.78 is 8.11. The quantitative estimate of drug-likeness (QED) is 0.575. The summed E-state index contributed by atoms with van der Waals surface area (Å²) in [6.07, 6.45) is 5.56. The van der Waals surface area contributed by atoms with E-state index in [1.54, 1.807) is 0 Å². The van der Waals surface area contributed by atoms with Gasteiger partial charge in [-0.1, -0.05) is 19.8 Å². The fourth-order valence-electron chi connectivity index (χ4n) is 1.00. The molecule has 0 spiro atoms. The van der Waals surface area contributed by atoms with E-state index in [4.69, 9.17) is 3.56 Å². The van der Waals surface area contributed by atoms with Crippen LogP contribution in [0.1, 0.15) is 32.6 Å². The van der Waals surface area contributed by atoms with Crippen molar-refractivity contribution in [1.82, 2.24) is 0 Å². The molecule has 1 unspecified atom stereocenters. The zero-order chi connectivity index (χ0) is 6.69. The first-order chi connectivity index (χ1) is 4.36. The SMILES string of the molecule is CCC(CC1CC1)I=N. The van der Waals surface area contributed by atoms with E-state index in [0.717, 1.165) is 9.84 Å². The molecule has 9 heavy (non-hydrogen) atoms. The van der Waals surface area contributed by atoms with E-state index >= 15 is 0 Å². The van der Waals surface area contributed by atoms with Crippen LogP contribution in [0.5, 0.6) is 0 Å². The summed E-state index contributed by atoms with van der Waals surface area (Å²) in [5.41, 5.74) is 0. The molecule has 0 aromatic rings. The van der Waals surface area contributed by atoms with Crippen molar-refractivity contribution in [2.24, 2.45) is 5.92 Å². The number of alkyl halides is 1. The minimum atomic E-state index is -0.202. The van der Waals surface area contributed by atoms with Gasteiger partial charge >= 0.3 is 0 Å². The highest BCUT2D eigenvalue weighted by Crippen LogP contribution is 2.37. The van der Waals surface area contributed by atoms with Crippen molar-refractivity contribution in [3.8, 4) is 0 Å². The van der Waals surface area contributed by atoms with Crippen LogP contribution in [0, 0.1) is 9.48 Å². The molecule has 0 aliphatic heterocycles. The summed E-state index contributed by atoms with van der Waals surface area (Å²) in [7, 11) is 0. The number of halogens is 1. The van der Waals surface area contributed by atoms with Crippen molar-refractivity contribution in [2.45, 2.75) is 36.5 Å². The molecule has 54 valence electrons. The molecule has 1 fully saturated rings. The van der Waals surface area contributed by atoms with E-state index in [-0.39, 0.29) is 21.0 Å². The van der Waals surface area contributed by atoms with Crippen molar-refractivity contribution in [3.05, 3.63) is 0 Å². The minimum absolute atomic E-state index is 0.202. The van der Waals surface area contributed by atoms with Gasteiger partial charge < -0.3 is 0 Å². The first kappa shape index (κ1) is 7.63. The van der Waals surface area contributed by atoms with E-state index in [0.29, 0.717) is 0 Å². The van der Waals surface area contributed by atoms with E-state index in [1.165, 1.54) is 25.7 Å². The van der Waals surface area contributed by atoms with Crippen LogP contribution in [0.15, 0.2) is 0 Å². The van der Waals surface area contributed by atoms with Gasteiger partial charge in [0.2, 0.25) is 0 Å². The highest BCUT2D eigenvalue weighted by molar-refractivity contribution is 14.1. The van der Waals surface area contributed by atoms with E-state index in [1.807, 2.05) is 0 Å². The Bertz CT molecular complexity index is 99.1. The number of nitrogens with one attached hydrogen (secondary N) is 1. The number of rotatable bonds is 4. The predicted octanol–water partition coefficient (Wildman–Crippen LogP) is 3.30. The Morgan fingerprint density at radius 3 is 2.67 bits per heavy atom. The molecule has 1 nitrogen and oxygen atoms in total. The van der Waals surface area contributed by atoms with Crippen LogP contribution in [-0.2, 0) is 0 Å². The van der Waals surface area contributed by atoms with Gasteiger partial charge in [0, 0.05) is 3.92 Å². The zero-order valence-electron chi connectivity index (χ0n) is 5.86. The van der Waals surface area contributed by atoms with Gasteiger partial charge in [0.25, 0.3) is 0 Å². The van der Waals surface area contributed by atoms with Crippen LogP contribution in [0.3, 0.4) is 0 Å².